The molecule has 0 amide bonds. The van der Waals surface area contributed by atoms with E-state index in [9.17, 15) is 0 Å². The van der Waals surface area contributed by atoms with E-state index in [0.29, 0.717) is 12.1 Å². The summed E-state index contributed by atoms with van der Waals surface area (Å²) < 4.78 is 0. The van der Waals surface area contributed by atoms with Crippen LogP contribution >= 0.6 is 0 Å². The first-order chi connectivity index (χ1) is 22.1. The van der Waals surface area contributed by atoms with E-state index in [4.69, 9.17) is 0 Å². The Morgan fingerprint density at radius 2 is 1.22 bits per heavy atom. The highest BCUT2D eigenvalue weighted by Crippen LogP contribution is 2.40. The Bertz CT molecular complexity index is 1450. The van der Waals surface area contributed by atoms with Crippen molar-refractivity contribution in [1.29, 1.82) is 0 Å². The molecule has 0 spiro atoms. The zero-order valence-electron chi connectivity index (χ0n) is 28.7. The summed E-state index contributed by atoms with van der Waals surface area (Å²) in [6.07, 6.45) is 11.2. The van der Waals surface area contributed by atoms with Gasteiger partial charge in [0, 0.05) is 60.1 Å². The Labute approximate surface area is 274 Å². The van der Waals surface area contributed by atoms with Gasteiger partial charge in [0.2, 0.25) is 0 Å². The molecular weight excluding hydrogens is 546 g/mol. The highest BCUT2D eigenvalue weighted by Gasteiger charge is 2.23. The molecule has 1 fully saturated rings. The van der Waals surface area contributed by atoms with Crippen molar-refractivity contribution in [3.8, 4) is 0 Å². The van der Waals surface area contributed by atoms with Crippen molar-refractivity contribution in [2.45, 2.75) is 110 Å². The fraction of sp³-hybridized carbons (Fsp3) is 0.476. The first-order valence-corrected chi connectivity index (χ1v) is 18.1. The van der Waals surface area contributed by atoms with Crippen LogP contribution in [0.3, 0.4) is 0 Å². The third-order valence-corrected chi connectivity index (χ3v) is 9.96. The SMILES string of the molecule is CCCN(CCC)c1ccc(C(c2ccc(N(CCC)C(C)CC)cc2)c2ccc(NC3CCCCC3)c3ccccc23)cc1. The van der Waals surface area contributed by atoms with Gasteiger partial charge in [0.15, 0.2) is 0 Å². The van der Waals surface area contributed by atoms with E-state index in [0.717, 1.165) is 45.3 Å². The van der Waals surface area contributed by atoms with Crippen LogP contribution in [0.4, 0.5) is 17.1 Å². The van der Waals surface area contributed by atoms with Gasteiger partial charge in [0.05, 0.1) is 0 Å². The molecule has 1 aliphatic rings. The summed E-state index contributed by atoms with van der Waals surface area (Å²) in [7, 11) is 0. The molecule has 1 aliphatic carbocycles. The summed E-state index contributed by atoms with van der Waals surface area (Å²) in [5, 5.41) is 6.63. The third kappa shape index (κ3) is 7.86. The van der Waals surface area contributed by atoms with E-state index in [1.807, 2.05) is 0 Å². The molecule has 0 heterocycles. The normalized spacial score (nSPS) is 15.1. The van der Waals surface area contributed by atoms with Gasteiger partial charge >= 0.3 is 0 Å². The van der Waals surface area contributed by atoms with Crippen molar-refractivity contribution in [3.05, 3.63) is 102 Å². The predicted octanol–water partition coefficient (Wildman–Crippen LogP) is 11.4. The van der Waals surface area contributed by atoms with E-state index in [-0.39, 0.29) is 5.92 Å². The van der Waals surface area contributed by atoms with Crippen molar-refractivity contribution in [3.63, 3.8) is 0 Å². The van der Waals surface area contributed by atoms with Gasteiger partial charge in [-0.1, -0.05) is 102 Å². The van der Waals surface area contributed by atoms with Crippen molar-refractivity contribution < 1.29 is 0 Å². The van der Waals surface area contributed by atoms with Crippen molar-refractivity contribution in [1.82, 2.24) is 0 Å². The second-order valence-corrected chi connectivity index (χ2v) is 13.3. The van der Waals surface area contributed by atoms with Gasteiger partial charge in [-0.15, -0.1) is 0 Å². The highest BCUT2D eigenvalue weighted by molar-refractivity contribution is 5.97. The first kappa shape index (κ1) is 32.9. The molecule has 0 radical (unpaired) electrons. The second-order valence-electron chi connectivity index (χ2n) is 13.3. The van der Waals surface area contributed by atoms with Crippen molar-refractivity contribution in [2.24, 2.45) is 0 Å². The van der Waals surface area contributed by atoms with Gasteiger partial charge < -0.3 is 15.1 Å². The summed E-state index contributed by atoms with van der Waals surface area (Å²) in [6, 6.07) is 33.9. The van der Waals surface area contributed by atoms with E-state index in [1.165, 1.54) is 76.6 Å². The molecule has 0 saturated heterocycles. The molecule has 4 aromatic carbocycles. The largest absolute Gasteiger partial charge is 0.382 e. The smallest absolute Gasteiger partial charge is 0.0422 e. The number of hydrogen-bond acceptors (Lipinski definition) is 3. The number of anilines is 3. The maximum absolute atomic E-state index is 3.95. The zero-order chi connectivity index (χ0) is 31.6. The maximum Gasteiger partial charge on any atom is 0.0422 e. The fourth-order valence-electron chi connectivity index (χ4n) is 7.43. The van der Waals surface area contributed by atoms with Crippen LogP contribution in [0.15, 0.2) is 84.9 Å². The molecule has 2 unspecified atom stereocenters. The molecule has 0 aliphatic heterocycles. The number of benzene rings is 4. The van der Waals surface area contributed by atoms with Gasteiger partial charge in [0.25, 0.3) is 0 Å². The Balaban J connectivity index is 1.58. The number of rotatable bonds is 15. The number of nitrogens with zero attached hydrogens (tertiary/aromatic N) is 2. The lowest BCUT2D eigenvalue weighted by Gasteiger charge is -2.31. The Morgan fingerprint density at radius 1 is 0.644 bits per heavy atom. The minimum Gasteiger partial charge on any atom is -0.382 e. The Kier molecular flexibility index (Phi) is 11.9. The van der Waals surface area contributed by atoms with Crippen molar-refractivity contribution >= 4 is 27.8 Å². The van der Waals surface area contributed by atoms with Crippen molar-refractivity contribution in [2.75, 3.05) is 34.8 Å². The topological polar surface area (TPSA) is 18.5 Å². The van der Waals surface area contributed by atoms with E-state index in [1.54, 1.807) is 0 Å². The molecule has 3 heteroatoms. The minimum absolute atomic E-state index is 0.149. The van der Waals surface area contributed by atoms with Gasteiger partial charge in [-0.25, -0.2) is 0 Å². The average molecular weight is 604 g/mol. The van der Waals surface area contributed by atoms with Crippen LogP contribution in [-0.2, 0) is 0 Å². The van der Waals surface area contributed by atoms with Gasteiger partial charge in [-0.05, 0) is 97.9 Å². The molecule has 4 aromatic rings. The summed E-state index contributed by atoms with van der Waals surface area (Å²) in [5.74, 6) is 0.149. The molecular formula is C42H57N3. The van der Waals surface area contributed by atoms with Gasteiger partial charge in [-0.2, -0.15) is 0 Å². The third-order valence-electron chi connectivity index (χ3n) is 9.96. The molecule has 1 saturated carbocycles. The quantitative estimate of drug-likeness (QED) is 0.136. The average Bonchev–Trinajstić information content (AvgIpc) is 3.09. The van der Waals surface area contributed by atoms with Crippen LogP contribution in [0, 0.1) is 0 Å². The van der Waals surface area contributed by atoms with Crippen LogP contribution in [0.25, 0.3) is 10.8 Å². The minimum atomic E-state index is 0.149. The molecule has 2 atom stereocenters. The van der Waals surface area contributed by atoms with Crippen LogP contribution < -0.4 is 15.1 Å². The molecule has 45 heavy (non-hydrogen) atoms. The summed E-state index contributed by atoms with van der Waals surface area (Å²) in [5.41, 5.74) is 8.03. The monoisotopic (exact) mass is 603 g/mol. The summed E-state index contributed by atoms with van der Waals surface area (Å²) in [6.45, 7) is 14.8. The van der Waals surface area contributed by atoms with Crippen LogP contribution in [0.2, 0.25) is 0 Å². The fourth-order valence-corrected chi connectivity index (χ4v) is 7.43. The van der Waals surface area contributed by atoms with Crippen LogP contribution in [0.5, 0.6) is 0 Å². The highest BCUT2D eigenvalue weighted by atomic mass is 15.2. The number of nitrogens with one attached hydrogen (secondary N) is 1. The maximum atomic E-state index is 3.95. The number of fused-ring (bicyclic) bond motifs is 1. The zero-order valence-corrected chi connectivity index (χ0v) is 28.7. The Morgan fingerprint density at radius 3 is 1.80 bits per heavy atom. The van der Waals surface area contributed by atoms with Gasteiger partial charge in [0.1, 0.15) is 0 Å². The van der Waals surface area contributed by atoms with Crippen LogP contribution in [-0.4, -0.2) is 31.7 Å². The molecule has 240 valence electrons. The first-order valence-electron chi connectivity index (χ1n) is 18.1. The molecule has 5 rings (SSSR count). The predicted molar refractivity (Wildman–Crippen MR) is 198 cm³/mol. The number of hydrogen-bond donors (Lipinski definition) is 1. The van der Waals surface area contributed by atoms with E-state index < -0.39 is 0 Å². The van der Waals surface area contributed by atoms with Crippen LogP contribution in [0.1, 0.15) is 115 Å². The second kappa shape index (κ2) is 16.2. The standard InChI is InChI=1S/C42H57N3/c1-6-29-44(30-7-2)36-23-19-33(20-24-36)42(34-21-25-37(26-22-34)45(31-8-3)32(5)9-4)40-27-28-41(39-18-14-13-17-38(39)40)43-35-15-11-10-12-16-35/h13-14,17-28,32,35,42-43H,6-12,15-16,29-31H2,1-5H3. The lowest BCUT2D eigenvalue weighted by Crippen LogP contribution is -2.33. The molecule has 3 nitrogen and oxygen atoms in total. The molecule has 0 aromatic heterocycles. The van der Waals surface area contributed by atoms with Gasteiger partial charge in [-0.3, -0.25) is 0 Å². The summed E-state index contributed by atoms with van der Waals surface area (Å²) in [4.78, 5) is 5.11. The lowest BCUT2D eigenvalue weighted by molar-refractivity contribution is 0.463. The molecule has 0 bridgehead atoms. The van der Waals surface area contributed by atoms with E-state index in [2.05, 4.69) is 135 Å². The molecule has 1 N–H and O–H groups in total. The van der Waals surface area contributed by atoms with E-state index >= 15 is 0 Å². The summed E-state index contributed by atoms with van der Waals surface area (Å²) >= 11 is 0. The lowest BCUT2D eigenvalue weighted by atomic mass is 9.82. The Hall–Kier alpha value is -3.46.